The van der Waals surface area contributed by atoms with Crippen molar-refractivity contribution >= 4 is 28.7 Å². The molecule has 1 aromatic carbocycles. The minimum atomic E-state index is -0.806. The molecular weight excluding hydrogens is 395 g/mol. The van der Waals surface area contributed by atoms with E-state index in [1.807, 2.05) is 0 Å². The lowest BCUT2D eigenvalue weighted by molar-refractivity contribution is 0.174. The average Bonchev–Trinajstić information content (AvgIpc) is 3.25. The quantitative estimate of drug-likeness (QED) is 0.538. The van der Waals surface area contributed by atoms with E-state index in [9.17, 15) is 9.90 Å². The molecule has 4 aromatic rings. The highest BCUT2D eigenvalue weighted by atomic mass is 35.5. The summed E-state index contributed by atoms with van der Waals surface area (Å²) in [7, 11) is 0. The van der Waals surface area contributed by atoms with Crippen LogP contribution in [0.4, 0.5) is 0 Å². The van der Waals surface area contributed by atoms with E-state index in [1.165, 1.54) is 17.1 Å². The molecule has 0 amide bonds. The summed E-state index contributed by atoms with van der Waals surface area (Å²) in [6.45, 7) is 0.0217. The molecule has 0 radical (unpaired) electrons. The van der Waals surface area contributed by atoms with Gasteiger partial charge < -0.3 is 9.63 Å². The second-order valence-electron chi connectivity index (χ2n) is 5.77. The Hall–Kier alpha value is -2.75. The topological polar surface area (TPSA) is 111 Å². The molecule has 27 heavy (non-hydrogen) atoms. The van der Waals surface area contributed by atoms with Gasteiger partial charge in [-0.25, -0.2) is 0 Å². The summed E-state index contributed by atoms with van der Waals surface area (Å²) in [6, 6.07) is 6.84. The summed E-state index contributed by atoms with van der Waals surface area (Å²) >= 11 is 11.8. The van der Waals surface area contributed by atoms with Crippen molar-refractivity contribution in [2.45, 2.75) is 19.1 Å². The first kappa shape index (κ1) is 17.7. The van der Waals surface area contributed by atoms with E-state index in [0.29, 0.717) is 16.4 Å². The van der Waals surface area contributed by atoms with E-state index in [0.717, 1.165) is 4.63 Å². The second-order valence-corrected chi connectivity index (χ2v) is 6.61. The summed E-state index contributed by atoms with van der Waals surface area (Å²) in [5.41, 5.74) is 0.470. The molecule has 0 aliphatic heterocycles. The highest BCUT2D eigenvalue weighted by Crippen LogP contribution is 2.19. The van der Waals surface area contributed by atoms with Gasteiger partial charge in [-0.1, -0.05) is 40.5 Å². The van der Waals surface area contributed by atoms with Crippen LogP contribution < -0.4 is 5.56 Å². The third-order valence-electron chi connectivity index (χ3n) is 3.92. The zero-order valence-electron chi connectivity index (χ0n) is 13.7. The Morgan fingerprint density at radius 3 is 2.74 bits per heavy atom. The number of hydrogen-bond donors (Lipinski definition) is 1. The maximum atomic E-state index is 12.4. The zero-order chi connectivity index (χ0) is 19.0. The third kappa shape index (κ3) is 3.57. The number of halogens is 2. The molecule has 0 aliphatic carbocycles. The molecule has 1 atom stereocenters. The molecule has 9 nitrogen and oxygen atoms in total. The molecule has 1 N–H and O–H groups in total. The molecule has 0 aliphatic rings. The highest BCUT2D eigenvalue weighted by Gasteiger charge is 2.16. The van der Waals surface area contributed by atoms with Crippen molar-refractivity contribution in [1.29, 1.82) is 0 Å². The van der Waals surface area contributed by atoms with Gasteiger partial charge in [0.05, 0.1) is 17.3 Å². The van der Waals surface area contributed by atoms with Crippen molar-refractivity contribution in [3.05, 3.63) is 74.5 Å². The summed E-state index contributed by atoms with van der Waals surface area (Å²) in [6.07, 6.45) is 2.01. The molecule has 11 heteroatoms. The Balaban J connectivity index is 1.51. The average molecular weight is 407 g/mol. The van der Waals surface area contributed by atoms with Gasteiger partial charge in [0.2, 0.25) is 5.89 Å². The van der Waals surface area contributed by atoms with Gasteiger partial charge in [0.25, 0.3) is 5.56 Å². The second kappa shape index (κ2) is 7.10. The van der Waals surface area contributed by atoms with E-state index in [-0.39, 0.29) is 35.0 Å². The van der Waals surface area contributed by atoms with E-state index in [4.69, 9.17) is 27.7 Å². The van der Waals surface area contributed by atoms with Gasteiger partial charge in [0, 0.05) is 11.4 Å². The molecule has 0 unspecified atom stereocenters. The van der Waals surface area contributed by atoms with Crippen LogP contribution >= 0.6 is 23.2 Å². The Labute approximate surface area is 161 Å². The number of aromatic nitrogens is 6. The number of aliphatic hydroxyl groups is 1. The fourth-order valence-electron chi connectivity index (χ4n) is 2.57. The van der Waals surface area contributed by atoms with Crippen molar-refractivity contribution in [3.8, 4) is 0 Å². The van der Waals surface area contributed by atoms with E-state index >= 15 is 0 Å². The molecule has 0 bridgehead atoms. The zero-order valence-corrected chi connectivity index (χ0v) is 15.2. The fourth-order valence-corrected chi connectivity index (χ4v) is 2.89. The number of benzene rings is 1. The fraction of sp³-hybridized carbons (Fsp3) is 0.188. The minimum absolute atomic E-state index is 0.0217. The summed E-state index contributed by atoms with van der Waals surface area (Å²) < 4.78 is 7.61. The van der Waals surface area contributed by atoms with Crippen molar-refractivity contribution in [3.63, 3.8) is 0 Å². The molecule has 0 spiro atoms. The number of hydrogen-bond acceptors (Lipinski definition) is 7. The predicted molar refractivity (Wildman–Crippen MR) is 95.8 cm³/mol. The summed E-state index contributed by atoms with van der Waals surface area (Å²) in [5, 5.41) is 22.8. The lowest BCUT2D eigenvalue weighted by atomic mass is 10.1. The van der Waals surface area contributed by atoms with Gasteiger partial charge in [-0.05, 0) is 17.7 Å². The largest absolute Gasteiger partial charge is 0.388 e. The van der Waals surface area contributed by atoms with Crippen LogP contribution in [0.5, 0.6) is 0 Å². The predicted octanol–water partition coefficient (Wildman–Crippen LogP) is 1.91. The SMILES string of the molecule is O=c1c2c(Cl)cnn2ncn1Cc1nc(C[C@@H](O)c2ccc(Cl)cc2)no1. The van der Waals surface area contributed by atoms with Crippen molar-refractivity contribution < 1.29 is 9.63 Å². The molecular formula is C16H12Cl2N6O3. The van der Waals surface area contributed by atoms with Crippen LogP contribution in [0.1, 0.15) is 23.4 Å². The van der Waals surface area contributed by atoms with Gasteiger partial charge >= 0.3 is 0 Å². The minimum Gasteiger partial charge on any atom is -0.388 e. The van der Waals surface area contributed by atoms with Crippen molar-refractivity contribution in [2.75, 3.05) is 0 Å². The van der Waals surface area contributed by atoms with Crippen molar-refractivity contribution in [1.82, 2.24) is 29.5 Å². The first-order valence-electron chi connectivity index (χ1n) is 7.85. The maximum Gasteiger partial charge on any atom is 0.281 e. The van der Waals surface area contributed by atoms with Crippen LogP contribution in [0.15, 0.2) is 46.1 Å². The number of nitrogens with zero attached hydrogens (tertiary/aromatic N) is 6. The highest BCUT2D eigenvalue weighted by molar-refractivity contribution is 6.33. The van der Waals surface area contributed by atoms with Gasteiger partial charge in [-0.3, -0.25) is 9.36 Å². The molecule has 3 heterocycles. The van der Waals surface area contributed by atoms with E-state index in [2.05, 4.69) is 20.3 Å². The van der Waals surface area contributed by atoms with Gasteiger partial charge in [0.15, 0.2) is 11.3 Å². The van der Waals surface area contributed by atoms with E-state index in [1.54, 1.807) is 24.3 Å². The molecule has 4 rings (SSSR count). The smallest absolute Gasteiger partial charge is 0.281 e. The first-order chi connectivity index (χ1) is 13.0. The Bertz CT molecular complexity index is 1150. The van der Waals surface area contributed by atoms with Crippen LogP contribution in [0.2, 0.25) is 10.0 Å². The number of rotatable bonds is 5. The molecule has 0 saturated carbocycles. The first-order valence-corrected chi connectivity index (χ1v) is 8.61. The van der Waals surface area contributed by atoms with Crippen LogP contribution in [-0.2, 0) is 13.0 Å². The van der Waals surface area contributed by atoms with E-state index < -0.39 is 6.10 Å². The van der Waals surface area contributed by atoms with Crippen LogP contribution in [0.3, 0.4) is 0 Å². The third-order valence-corrected chi connectivity index (χ3v) is 4.45. The molecule has 138 valence electrons. The van der Waals surface area contributed by atoms with Crippen LogP contribution in [-0.4, -0.2) is 34.6 Å². The lowest BCUT2D eigenvalue weighted by Gasteiger charge is -2.08. The van der Waals surface area contributed by atoms with Gasteiger partial charge in [-0.15, -0.1) is 9.73 Å². The monoisotopic (exact) mass is 406 g/mol. The summed E-state index contributed by atoms with van der Waals surface area (Å²) in [4.78, 5) is 16.7. The van der Waals surface area contributed by atoms with Crippen LogP contribution in [0, 0.1) is 0 Å². The lowest BCUT2D eigenvalue weighted by Crippen LogP contribution is -2.24. The normalized spacial score (nSPS) is 12.6. The molecule has 0 saturated heterocycles. The number of fused-ring (bicyclic) bond motifs is 1. The number of aliphatic hydroxyl groups excluding tert-OH is 1. The van der Waals surface area contributed by atoms with Crippen LogP contribution in [0.25, 0.3) is 5.52 Å². The maximum absolute atomic E-state index is 12.4. The van der Waals surface area contributed by atoms with Gasteiger partial charge in [-0.2, -0.15) is 10.1 Å². The standard InChI is InChI=1S/C16H12Cl2N6O3/c17-10-3-1-9(2-4-10)12(25)5-13-21-14(27-22-13)7-23-8-20-24-15(16(23)26)11(18)6-19-24/h1-4,6,8,12,25H,5,7H2/t12-/m1/s1. The van der Waals surface area contributed by atoms with Gasteiger partial charge in [0.1, 0.15) is 12.9 Å². The Kier molecular flexibility index (Phi) is 4.65. The summed E-state index contributed by atoms with van der Waals surface area (Å²) in [5.74, 6) is 0.522. The Morgan fingerprint density at radius 1 is 1.19 bits per heavy atom. The molecule has 3 aromatic heterocycles. The van der Waals surface area contributed by atoms with Crippen molar-refractivity contribution in [2.24, 2.45) is 0 Å². The Morgan fingerprint density at radius 2 is 1.96 bits per heavy atom. The molecule has 0 fully saturated rings.